The fourth-order valence-corrected chi connectivity index (χ4v) is 3.43. The fourth-order valence-electron chi connectivity index (χ4n) is 3.43. The summed E-state index contributed by atoms with van der Waals surface area (Å²) in [7, 11) is 0. The normalized spacial score (nSPS) is 18.7. The highest BCUT2D eigenvalue weighted by molar-refractivity contribution is 5.75. The number of carboxylic acids is 1. The van der Waals surface area contributed by atoms with Crippen LogP contribution in [0.1, 0.15) is 50.5 Å². The fraction of sp³-hybridized carbons (Fsp3) is 0.556. The minimum atomic E-state index is -0.826. The Morgan fingerprint density at radius 2 is 2.09 bits per heavy atom. The molecule has 0 spiro atoms. The second kappa shape index (κ2) is 8.56. The van der Waals surface area contributed by atoms with E-state index in [0.29, 0.717) is 18.9 Å². The summed E-state index contributed by atoms with van der Waals surface area (Å²) < 4.78 is 0. The molecule has 0 aliphatic carbocycles. The molecule has 1 fully saturated rings. The summed E-state index contributed by atoms with van der Waals surface area (Å²) in [6.45, 7) is 3.36. The van der Waals surface area contributed by atoms with Gasteiger partial charge in [-0.25, -0.2) is 4.79 Å². The molecule has 1 aromatic carbocycles. The van der Waals surface area contributed by atoms with E-state index < -0.39 is 5.97 Å². The third kappa shape index (κ3) is 4.71. The number of nitrogens with zero attached hydrogens (tertiary/aromatic N) is 1. The van der Waals surface area contributed by atoms with E-state index in [1.807, 2.05) is 23.1 Å². The molecule has 0 saturated carbocycles. The maximum atomic E-state index is 12.4. The van der Waals surface area contributed by atoms with Gasteiger partial charge in [-0.1, -0.05) is 37.3 Å². The van der Waals surface area contributed by atoms with Gasteiger partial charge in [0, 0.05) is 31.5 Å². The van der Waals surface area contributed by atoms with E-state index >= 15 is 0 Å². The van der Waals surface area contributed by atoms with Gasteiger partial charge in [-0.05, 0) is 31.2 Å². The summed E-state index contributed by atoms with van der Waals surface area (Å²) >= 11 is 0. The van der Waals surface area contributed by atoms with Crippen molar-refractivity contribution in [2.75, 3.05) is 13.1 Å². The van der Waals surface area contributed by atoms with Gasteiger partial charge in [-0.3, -0.25) is 4.79 Å². The monoisotopic (exact) mass is 318 g/mol. The van der Waals surface area contributed by atoms with Gasteiger partial charge in [-0.15, -0.1) is 0 Å². The highest BCUT2D eigenvalue weighted by Crippen LogP contribution is 2.33. The Balaban J connectivity index is 1.95. The van der Waals surface area contributed by atoms with Crippen LogP contribution in [0.25, 0.3) is 0 Å². The topological polar surface area (TPSA) is 69.6 Å². The third-order valence-electron chi connectivity index (χ3n) is 4.54. The van der Waals surface area contributed by atoms with Crippen LogP contribution < -0.4 is 5.32 Å². The molecule has 2 N–H and O–H groups in total. The molecule has 1 aromatic rings. The van der Waals surface area contributed by atoms with Crippen LogP contribution in [-0.4, -0.2) is 41.1 Å². The average Bonchev–Trinajstić information content (AvgIpc) is 3.02. The number of carbonyl (C=O) groups excluding carboxylic acids is 1. The molecule has 2 atom stereocenters. The van der Waals surface area contributed by atoms with E-state index in [-0.39, 0.29) is 18.5 Å². The molecule has 1 saturated heterocycles. The number of amides is 2. The van der Waals surface area contributed by atoms with E-state index in [1.54, 1.807) is 0 Å². The molecule has 0 radical (unpaired) electrons. The zero-order chi connectivity index (χ0) is 16.7. The minimum absolute atomic E-state index is 0.0627. The largest absolute Gasteiger partial charge is 0.481 e. The Bertz CT molecular complexity index is 518. The number of hydrogen-bond donors (Lipinski definition) is 2. The van der Waals surface area contributed by atoms with Crippen LogP contribution in [0.5, 0.6) is 0 Å². The van der Waals surface area contributed by atoms with Crippen LogP contribution in [0.4, 0.5) is 4.79 Å². The quantitative estimate of drug-likeness (QED) is 0.758. The molecule has 23 heavy (non-hydrogen) atoms. The van der Waals surface area contributed by atoms with Crippen LogP contribution >= 0.6 is 0 Å². The molecule has 5 heteroatoms. The molecule has 2 rings (SSSR count). The van der Waals surface area contributed by atoms with Crippen LogP contribution in [0.15, 0.2) is 30.3 Å². The number of aliphatic carboxylic acids is 1. The van der Waals surface area contributed by atoms with Crippen molar-refractivity contribution < 1.29 is 14.7 Å². The Morgan fingerprint density at radius 1 is 1.35 bits per heavy atom. The van der Waals surface area contributed by atoms with Crippen LogP contribution in [0, 0.1) is 0 Å². The van der Waals surface area contributed by atoms with Crippen LogP contribution in [0.2, 0.25) is 0 Å². The number of carbonyl (C=O) groups is 2. The lowest BCUT2D eigenvalue weighted by atomic mass is 9.88. The molecular formula is C18H26N2O3. The molecule has 5 nitrogen and oxygen atoms in total. The highest BCUT2D eigenvalue weighted by Gasteiger charge is 2.34. The first-order valence-electron chi connectivity index (χ1n) is 8.44. The van der Waals surface area contributed by atoms with Crippen molar-refractivity contribution in [2.24, 2.45) is 0 Å². The Kier molecular flexibility index (Phi) is 6.44. The molecule has 1 heterocycles. The summed E-state index contributed by atoms with van der Waals surface area (Å²) in [4.78, 5) is 24.9. The Hall–Kier alpha value is -2.04. The Labute approximate surface area is 137 Å². The Morgan fingerprint density at radius 3 is 2.74 bits per heavy atom. The second-order valence-electron chi connectivity index (χ2n) is 6.06. The number of hydrogen-bond acceptors (Lipinski definition) is 2. The lowest BCUT2D eigenvalue weighted by Gasteiger charge is -2.31. The van der Waals surface area contributed by atoms with Gasteiger partial charge in [-0.2, -0.15) is 0 Å². The molecule has 1 aliphatic rings. The summed E-state index contributed by atoms with van der Waals surface area (Å²) in [5.74, 6) is -0.475. The number of rotatable bonds is 7. The summed E-state index contributed by atoms with van der Waals surface area (Å²) in [5, 5.41) is 11.5. The minimum Gasteiger partial charge on any atom is -0.481 e. The predicted octanol–water partition coefficient (Wildman–Crippen LogP) is 3.22. The predicted molar refractivity (Wildman–Crippen MR) is 89.5 cm³/mol. The number of likely N-dealkylation sites (tertiary alicyclic amines) is 1. The molecule has 2 unspecified atom stereocenters. The van der Waals surface area contributed by atoms with Crippen LogP contribution in [-0.2, 0) is 4.79 Å². The number of carboxylic acid groups (broad SMARTS) is 1. The maximum absolute atomic E-state index is 12.4. The summed E-state index contributed by atoms with van der Waals surface area (Å²) in [6.07, 6.45) is 3.60. The van der Waals surface area contributed by atoms with E-state index in [2.05, 4.69) is 24.4 Å². The van der Waals surface area contributed by atoms with Crippen molar-refractivity contribution in [2.45, 2.75) is 51.0 Å². The first-order valence-corrected chi connectivity index (χ1v) is 8.44. The summed E-state index contributed by atoms with van der Waals surface area (Å²) in [5.41, 5.74) is 1.28. The van der Waals surface area contributed by atoms with Gasteiger partial charge < -0.3 is 15.3 Å². The van der Waals surface area contributed by atoms with Crippen molar-refractivity contribution in [1.82, 2.24) is 10.2 Å². The zero-order valence-corrected chi connectivity index (χ0v) is 13.7. The van der Waals surface area contributed by atoms with Crippen molar-refractivity contribution in [3.8, 4) is 0 Å². The third-order valence-corrected chi connectivity index (χ3v) is 4.54. The maximum Gasteiger partial charge on any atom is 0.317 e. The van der Waals surface area contributed by atoms with Crippen molar-refractivity contribution in [1.29, 1.82) is 0 Å². The van der Waals surface area contributed by atoms with Gasteiger partial charge in [0.05, 0.1) is 0 Å². The molecule has 1 aliphatic heterocycles. The number of benzene rings is 1. The summed E-state index contributed by atoms with van der Waals surface area (Å²) in [6, 6.07) is 10.5. The molecule has 2 amide bonds. The van der Waals surface area contributed by atoms with Gasteiger partial charge in [0.2, 0.25) is 0 Å². The number of urea groups is 1. The average molecular weight is 318 g/mol. The lowest BCUT2D eigenvalue weighted by molar-refractivity contribution is -0.137. The molecular weight excluding hydrogens is 292 g/mol. The zero-order valence-electron chi connectivity index (χ0n) is 13.7. The second-order valence-corrected chi connectivity index (χ2v) is 6.06. The van der Waals surface area contributed by atoms with E-state index in [1.165, 1.54) is 5.56 Å². The van der Waals surface area contributed by atoms with Crippen molar-refractivity contribution >= 4 is 12.0 Å². The first kappa shape index (κ1) is 17.3. The standard InChI is InChI=1S/C18H26N2O3/c1-2-15(14-8-4-3-5-9-14)16-10-7-13-20(16)18(23)19-12-6-11-17(21)22/h3-5,8-9,15-16H,2,6-7,10-13H2,1H3,(H,19,23)(H,21,22). The van der Waals surface area contributed by atoms with Crippen LogP contribution in [0.3, 0.4) is 0 Å². The number of nitrogens with one attached hydrogen (secondary N) is 1. The molecule has 126 valence electrons. The van der Waals surface area contributed by atoms with E-state index in [4.69, 9.17) is 5.11 Å². The van der Waals surface area contributed by atoms with E-state index in [9.17, 15) is 9.59 Å². The first-order chi connectivity index (χ1) is 11.1. The van der Waals surface area contributed by atoms with Gasteiger partial charge in [0.25, 0.3) is 0 Å². The molecule has 0 aromatic heterocycles. The van der Waals surface area contributed by atoms with Crippen molar-refractivity contribution in [3.05, 3.63) is 35.9 Å². The smallest absolute Gasteiger partial charge is 0.317 e. The lowest BCUT2D eigenvalue weighted by Crippen LogP contribution is -2.45. The van der Waals surface area contributed by atoms with E-state index in [0.717, 1.165) is 25.8 Å². The van der Waals surface area contributed by atoms with Crippen molar-refractivity contribution in [3.63, 3.8) is 0 Å². The molecule has 0 bridgehead atoms. The SMILES string of the molecule is CCC(c1ccccc1)C1CCCN1C(=O)NCCCC(=O)O. The highest BCUT2D eigenvalue weighted by atomic mass is 16.4. The van der Waals surface area contributed by atoms with Gasteiger partial charge >= 0.3 is 12.0 Å². The van der Waals surface area contributed by atoms with Gasteiger partial charge in [0.15, 0.2) is 0 Å². The van der Waals surface area contributed by atoms with Gasteiger partial charge in [0.1, 0.15) is 0 Å².